The van der Waals surface area contributed by atoms with Gasteiger partial charge in [-0.3, -0.25) is 4.21 Å². The Hall–Kier alpha value is 0.110. The molecule has 0 radical (unpaired) electrons. The normalized spacial score (nSPS) is 20.8. The van der Waals surface area contributed by atoms with Gasteiger partial charge in [0.2, 0.25) is 0 Å². The summed E-state index contributed by atoms with van der Waals surface area (Å²) in [6.07, 6.45) is 11.1. The van der Waals surface area contributed by atoms with Gasteiger partial charge in [-0.15, -0.1) is 0 Å². The molecule has 0 aliphatic heterocycles. The van der Waals surface area contributed by atoms with Crippen molar-refractivity contribution in [2.75, 3.05) is 12.3 Å². The summed E-state index contributed by atoms with van der Waals surface area (Å²) in [7, 11) is -0.558. The number of rotatable bonds is 9. The Balaban J connectivity index is 2.13. The van der Waals surface area contributed by atoms with E-state index in [0.717, 1.165) is 18.7 Å². The van der Waals surface area contributed by atoms with Gasteiger partial charge in [0.1, 0.15) is 0 Å². The van der Waals surface area contributed by atoms with Gasteiger partial charge in [-0.25, -0.2) is 0 Å². The summed E-state index contributed by atoms with van der Waals surface area (Å²) in [5, 5.41) is 4.09. The van der Waals surface area contributed by atoms with E-state index >= 15 is 0 Å². The van der Waals surface area contributed by atoms with Gasteiger partial charge in [-0.05, 0) is 45.1 Å². The molecular formula is C15H31NOS. The van der Waals surface area contributed by atoms with Gasteiger partial charge in [0.25, 0.3) is 0 Å². The van der Waals surface area contributed by atoms with Gasteiger partial charge in [-0.1, -0.05) is 33.1 Å². The molecule has 0 amide bonds. The van der Waals surface area contributed by atoms with Crippen LogP contribution in [0.4, 0.5) is 0 Å². The molecule has 1 fully saturated rings. The van der Waals surface area contributed by atoms with Gasteiger partial charge in [-0.2, -0.15) is 0 Å². The summed E-state index contributed by atoms with van der Waals surface area (Å²) in [4.78, 5) is 0. The average Bonchev–Trinajstić information content (AvgIpc) is 2.43. The highest BCUT2D eigenvalue weighted by Gasteiger charge is 2.19. The second kappa shape index (κ2) is 9.96. The van der Waals surface area contributed by atoms with E-state index in [2.05, 4.69) is 19.2 Å². The van der Waals surface area contributed by atoms with Crippen molar-refractivity contribution in [3.8, 4) is 0 Å². The molecule has 3 heteroatoms. The van der Waals surface area contributed by atoms with Gasteiger partial charge in [0, 0.05) is 27.8 Å². The van der Waals surface area contributed by atoms with E-state index in [1.165, 1.54) is 51.4 Å². The highest BCUT2D eigenvalue weighted by molar-refractivity contribution is 7.85. The summed E-state index contributed by atoms with van der Waals surface area (Å²) in [6, 6.07) is 0.633. The fourth-order valence-electron chi connectivity index (χ4n) is 2.77. The second-order valence-corrected chi connectivity index (χ2v) is 7.38. The Bertz CT molecular complexity index is 227. The minimum absolute atomic E-state index is 0.516. The lowest BCUT2D eigenvalue weighted by Gasteiger charge is -2.21. The topological polar surface area (TPSA) is 29.1 Å². The Labute approximate surface area is 116 Å². The molecule has 0 heterocycles. The van der Waals surface area contributed by atoms with Crippen LogP contribution in [0, 0.1) is 0 Å². The van der Waals surface area contributed by atoms with E-state index in [0.29, 0.717) is 11.3 Å². The zero-order valence-corrected chi connectivity index (χ0v) is 13.1. The van der Waals surface area contributed by atoms with E-state index < -0.39 is 10.8 Å². The monoisotopic (exact) mass is 273 g/mol. The van der Waals surface area contributed by atoms with Crippen molar-refractivity contribution in [2.45, 2.75) is 82.9 Å². The molecule has 2 atom stereocenters. The predicted molar refractivity (Wildman–Crippen MR) is 81.5 cm³/mol. The number of hydrogen-bond donors (Lipinski definition) is 1. The quantitative estimate of drug-likeness (QED) is 0.695. The standard InChI is InChI=1S/C15H31NOS/c1-3-12-16-14(4-2)9-8-13-18(17)15-10-6-5-7-11-15/h14-16H,3-13H2,1-2H3. The van der Waals surface area contributed by atoms with E-state index in [1.807, 2.05) is 0 Å². The highest BCUT2D eigenvalue weighted by atomic mass is 32.2. The lowest BCUT2D eigenvalue weighted by atomic mass is 10.0. The van der Waals surface area contributed by atoms with Crippen molar-refractivity contribution >= 4 is 10.8 Å². The molecule has 2 nitrogen and oxygen atoms in total. The van der Waals surface area contributed by atoms with Crippen molar-refractivity contribution in [1.82, 2.24) is 5.32 Å². The van der Waals surface area contributed by atoms with Crippen LogP contribution in [0.15, 0.2) is 0 Å². The molecule has 0 spiro atoms. The third-order valence-corrected chi connectivity index (χ3v) is 5.90. The highest BCUT2D eigenvalue weighted by Crippen LogP contribution is 2.22. The predicted octanol–water partition coefficient (Wildman–Crippen LogP) is 3.63. The van der Waals surface area contributed by atoms with Crippen LogP contribution >= 0.6 is 0 Å². The molecule has 1 aliphatic carbocycles. The number of nitrogens with one attached hydrogen (secondary N) is 1. The van der Waals surface area contributed by atoms with Crippen LogP contribution in [0.25, 0.3) is 0 Å². The van der Waals surface area contributed by atoms with Crippen molar-refractivity contribution in [3.63, 3.8) is 0 Å². The first-order chi connectivity index (χ1) is 8.77. The summed E-state index contributed by atoms with van der Waals surface area (Å²) >= 11 is 0. The molecular weight excluding hydrogens is 242 g/mol. The second-order valence-electron chi connectivity index (χ2n) is 5.55. The minimum atomic E-state index is -0.558. The molecule has 1 N–H and O–H groups in total. The first-order valence-electron chi connectivity index (χ1n) is 7.88. The third kappa shape index (κ3) is 6.33. The SMILES string of the molecule is CCCNC(CC)CCCS(=O)C1CCCCC1. The Morgan fingerprint density at radius 1 is 1.22 bits per heavy atom. The van der Waals surface area contributed by atoms with Crippen LogP contribution < -0.4 is 5.32 Å². The molecule has 18 heavy (non-hydrogen) atoms. The molecule has 108 valence electrons. The minimum Gasteiger partial charge on any atom is -0.314 e. The van der Waals surface area contributed by atoms with Crippen LogP contribution in [0.3, 0.4) is 0 Å². The van der Waals surface area contributed by atoms with Gasteiger partial charge >= 0.3 is 0 Å². The molecule has 1 saturated carbocycles. The summed E-state index contributed by atoms with van der Waals surface area (Å²) < 4.78 is 12.2. The molecule has 0 aromatic rings. The largest absolute Gasteiger partial charge is 0.314 e. The maximum absolute atomic E-state index is 12.2. The zero-order valence-electron chi connectivity index (χ0n) is 12.2. The zero-order chi connectivity index (χ0) is 13.2. The Kier molecular flexibility index (Phi) is 8.95. The van der Waals surface area contributed by atoms with Crippen LogP contribution in [-0.4, -0.2) is 27.8 Å². The van der Waals surface area contributed by atoms with Gasteiger partial charge in [0.05, 0.1) is 0 Å². The first-order valence-corrected chi connectivity index (χ1v) is 9.26. The molecule has 1 rings (SSSR count). The lowest BCUT2D eigenvalue weighted by molar-refractivity contribution is 0.463. The summed E-state index contributed by atoms with van der Waals surface area (Å²) in [5.41, 5.74) is 0. The molecule has 0 aromatic carbocycles. The lowest BCUT2D eigenvalue weighted by Crippen LogP contribution is -2.29. The van der Waals surface area contributed by atoms with Crippen LogP contribution in [0.2, 0.25) is 0 Å². The smallest absolute Gasteiger partial charge is 0.0348 e. The van der Waals surface area contributed by atoms with Crippen molar-refractivity contribution in [2.24, 2.45) is 0 Å². The van der Waals surface area contributed by atoms with Crippen LogP contribution in [0.5, 0.6) is 0 Å². The van der Waals surface area contributed by atoms with Crippen LogP contribution in [0.1, 0.15) is 71.6 Å². The molecule has 0 saturated heterocycles. The summed E-state index contributed by atoms with van der Waals surface area (Å²) in [5.74, 6) is 0.926. The Morgan fingerprint density at radius 3 is 2.56 bits per heavy atom. The third-order valence-electron chi connectivity index (χ3n) is 4.00. The molecule has 1 aliphatic rings. The Morgan fingerprint density at radius 2 is 1.94 bits per heavy atom. The van der Waals surface area contributed by atoms with Crippen molar-refractivity contribution in [1.29, 1.82) is 0 Å². The summed E-state index contributed by atoms with van der Waals surface area (Å²) in [6.45, 7) is 5.56. The average molecular weight is 273 g/mol. The fraction of sp³-hybridized carbons (Fsp3) is 1.00. The maximum atomic E-state index is 12.2. The first kappa shape index (κ1) is 16.2. The van der Waals surface area contributed by atoms with E-state index in [1.54, 1.807) is 0 Å². The van der Waals surface area contributed by atoms with Gasteiger partial charge in [0.15, 0.2) is 0 Å². The van der Waals surface area contributed by atoms with Gasteiger partial charge < -0.3 is 5.32 Å². The van der Waals surface area contributed by atoms with E-state index in [-0.39, 0.29) is 0 Å². The molecule has 0 aromatic heterocycles. The van der Waals surface area contributed by atoms with Crippen molar-refractivity contribution < 1.29 is 4.21 Å². The number of hydrogen-bond acceptors (Lipinski definition) is 2. The van der Waals surface area contributed by atoms with E-state index in [4.69, 9.17) is 0 Å². The fourth-order valence-corrected chi connectivity index (χ4v) is 4.41. The van der Waals surface area contributed by atoms with Crippen LogP contribution in [-0.2, 0) is 10.8 Å². The molecule has 2 unspecified atom stereocenters. The maximum Gasteiger partial charge on any atom is 0.0348 e. The molecule has 0 bridgehead atoms. The van der Waals surface area contributed by atoms with Crippen molar-refractivity contribution in [3.05, 3.63) is 0 Å². The van der Waals surface area contributed by atoms with E-state index in [9.17, 15) is 4.21 Å².